The largest absolute Gasteiger partial charge is 0.497 e. The molecule has 0 radical (unpaired) electrons. The van der Waals surface area contributed by atoms with Gasteiger partial charge in [-0.25, -0.2) is 12.7 Å². The topological polar surface area (TPSA) is 76.6 Å². The molecule has 5 rings (SSSR count). The number of carbonyl (C=O) groups excluding carboxylic acids is 1. The van der Waals surface area contributed by atoms with Gasteiger partial charge < -0.3 is 14.5 Å². The van der Waals surface area contributed by atoms with Crippen LogP contribution in [0.3, 0.4) is 0 Å². The van der Waals surface area contributed by atoms with Gasteiger partial charge in [0.15, 0.2) is 0 Å². The molecular formula is C31H51N5O4S. The van der Waals surface area contributed by atoms with E-state index in [4.69, 9.17) is 4.74 Å². The third kappa shape index (κ3) is 7.44. The zero-order valence-electron chi connectivity index (χ0n) is 25.5. The first-order valence-corrected chi connectivity index (χ1v) is 17.3. The molecule has 3 aliphatic heterocycles. The third-order valence-corrected chi connectivity index (χ3v) is 12.2. The minimum Gasteiger partial charge on any atom is -0.497 e. The summed E-state index contributed by atoms with van der Waals surface area (Å²) < 4.78 is 32.7. The monoisotopic (exact) mass is 589 g/mol. The highest BCUT2D eigenvalue weighted by Crippen LogP contribution is 2.30. The Morgan fingerprint density at radius 2 is 1.59 bits per heavy atom. The molecule has 0 N–H and O–H groups in total. The van der Waals surface area contributed by atoms with E-state index in [9.17, 15) is 13.2 Å². The summed E-state index contributed by atoms with van der Waals surface area (Å²) in [5, 5.41) is 0. The highest BCUT2D eigenvalue weighted by atomic mass is 32.2. The van der Waals surface area contributed by atoms with Gasteiger partial charge in [0.25, 0.3) is 0 Å². The lowest BCUT2D eigenvalue weighted by Crippen LogP contribution is -2.54. The summed E-state index contributed by atoms with van der Waals surface area (Å²) in [7, 11) is -0.558. The molecule has 0 bridgehead atoms. The second-order valence-corrected chi connectivity index (χ2v) is 14.8. The number of amides is 1. The first-order chi connectivity index (χ1) is 19.7. The molecule has 0 spiro atoms. The van der Waals surface area contributed by atoms with Gasteiger partial charge >= 0.3 is 0 Å². The molecule has 1 aromatic rings. The molecule has 3 saturated heterocycles. The minimum absolute atomic E-state index is 0.0466. The molecule has 4 fully saturated rings. The average Bonchev–Trinajstić information content (AvgIpc) is 3.69. The van der Waals surface area contributed by atoms with E-state index in [1.54, 1.807) is 39.3 Å². The van der Waals surface area contributed by atoms with Gasteiger partial charge in [0.1, 0.15) is 5.75 Å². The molecule has 0 aromatic heterocycles. The van der Waals surface area contributed by atoms with Crippen molar-refractivity contribution in [1.82, 2.24) is 23.9 Å². The van der Waals surface area contributed by atoms with Crippen molar-refractivity contribution in [2.24, 2.45) is 5.92 Å². The van der Waals surface area contributed by atoms with Crippen LogP contribution in [0.15, 0.2) is 23.1 Å². The average molecular weight is 590 g/mol. The van der Waals surface area contributed by atoms with Crippen molar-refractivity contribution < 1.29 is 17.9 Å². The molecule has 1 aliphatic carbocycles. The smallest absolute Gasteiger partial charge is 0.243 e. The standard InChI is InChI=1S/C31H51N5O4S/c1-25-22-29(40-3)10-11-30(25)41(38,39)32(2)16-13-31(37)36-17-12-28(24-36)35-20-18-34(19-21-35)27-8-6-26(7-9-27)23-33-14-4-5-15-33/h10-11,22,26-28H,4-9,12-21,23-24H2,1-3H3. The number of sulfonamides is 1. The van der Waals surface area contributed by atoms with Crippen LogP contribution in [-0.4, -0.2) is 130 Å². The van der Waals surface area contributed by atoms with Crippen LogP contribution < -0.4 is 4.74 Å². The summed E-state index contributed by atoms with van der Waals surface area (Å²) >= 11 is 0. The quantitative estimate of drug-likeness (QED) is 0.416. The van der Waals surface area contributed by atoms with E-state index in [1.807, 2.05) is 4.90 Å². The number of nitrogens with zero attached hydrogens (tertiary/aromatic N) is 5. The van der Waals surface area contributed by atoms with Crippen molar-refractivity contribution in [3.63, 3.8) is 0 Å². The number of rotatable bonds is 10. The van der Waals surface area contributed by atoms with Crippen molar-refractivity contribution in [1.29, 1.82) is 0 Å². The van der Waals surface area contributed by atoms with Crippen LogP contribution in [0.1, 0.15) is 56.9 Å². The number of aryl methyl sites for hydroxylation is 1. The van der Waals surface area contributed by atoms with Gasteiger partial charge in [-0.2, -0.15) is 0 Å². The number of hydrogen-bond acceptors (Lipinski definition) is 7. The second kappa shape index (κ2) is 13.7. The summed E-state index contributed by atoms with van der Waals surface area (Å²) in [6, 6.07) is 6.12. The first-order valence-electron chi connectivity index (χ1n) is 15.8. The molecule has 230 valence electrons. The zero-order chi connectivity index (χ0) is 29.0. The number of benzene rings is 1. The summed E-state index contributed by atoms with van der Waals surface area (Å²) in [6.07, 6.45) is 9.46. The molecule has 1 aromatic carbocycles. The fourth-order valence-corrected chi connectivity index (χ4v) is 8.87. The first kappa shape index (κ1) is 30.7. The summed E-state index contributed by atoms with van der Waals surface area (Å²) in [5.41, 5.74) is 0.634. The Balaban J connectivity index is 1.02. The normalized spacial score (nSPS) is 27.1. The van der Waals surface area contributed by atoms with Gasteiger partial charge in [0.2, 0.25) is 15.9 Å². The molecule has 4 aliphatic rings. The van der Waals surface area contributed by atoms with E-state index < -0.39 is 10.0 Å². The van der Waals surface area contributed by atoms with Crippen LogP contribution in [0.5, 0.6) is 5.75 Å². The fourth-order valence-electron chi connectivity index (χ4n) is 7.49. The molecule has 1 amide bonds. The maximum Gasteiger partial charge on any atom is 0.243 e. The van der Waals surface area contributed by atoms with Gasteiger partial charge in [-0.3, -0.25) is 14.6 Å². The Labute approximate surface area is 247 Å². The number of carbonyl (C=O) groups is 1. The van der Waals surface area contributed by atoms with Crippen LogP contribution in [0.25, 0.3) is 0 Å². The second-order valence-electron chi connectivity index (χ2n) is 12.7. The predicted molar refractivity (Wildman–Crippen MR) is 162 cm³/mol. The molecule has 41 heavy (non-hydrogen) atoms. The minimum atomic E-state index is -3.67. The van der Waals surface area contributed by atoms with E-state index in [0.29, 0.717) is 17.4 Å². The van der Waals surface area contributed by atoms with Gasteiger partial charge in [-0.1, -0.05) is 0 Å². The van der Waals surface area contributed by atoms with Crippen LogP contribution in [0.2, 0.25) is 0 Å². The SMILES string of the molecule is COc1ccc(S(=O)(=O)N(C)CCC(=O)N2CCC(N3CCN(C4CCC(CN5CCCC5)CC4)CC3)C2)c(C)c1. The van der Waals surface area contributed by atoms with Gasteiger partial charge in [-0.05, 0) is 94.6 Å². The van der Waals surface area contributed by atoms with Gasteiger partial charge in [0.05, 0.1) is 12.0 Å². The van der Waals surface area contributed by atoms with E-state index in [-0.39, 0.29) is 23.8 Å². The van der Waals surface area contributed by atoms with Crippen molar-refractivity contribution >= 4 is 15.9 Å². The zero-order valence-corrected chi connectivity index (χ0v) is 26.3. The van der Waals surface area contributed by atoms with Crippen molar-refractivity contribution in [2.45, 2.75) is 75.3 Å². The molecule has 10 heteroatoms. The number of piperazine rings is 1. The Morgan fingerprint density at radius 1 is 0.927 bits per heavy atom. The lowest BCUT2D eigenvalue weighted by atomic mass is 9.84. The number of ether oxygens (including phenoxy) is 1. The van der Waals surface area contributed by atoms with Crippen molar-refractivity contribution in [3.8, 4) is 5.75 Å². The maximum absolute atomic E-state index is 13.1. The van der Waals surface area contributed by atoms with Gasteiger partial charge in [-0.15, -0.1) is 0 Å². The summed E-state index contributed by atoms with van der Waals surface area (Å²) in [5.74, 6) is 1.57. The molecule has 1 atom stereocenters. The molecule has 1 unspecified atom stereocenters. The fraction of sp³-hybridized carbons (Fsp3) is 0.774. The lowest BCUT2D eigenvalue weighted by Gasteiger charge is -2.43. The van der Waals surface area contributed by atoms with Crippen molar-refractivity contribution in [2.75, 3.05) is 79.6 Å². The van der Waals surface area contributed by atoms with Crippen LogP contribution in [-0.2, 0) is 14.8 Å². The Kier molecular flexibility index (Phi) is 10.3. The Hall–Kier alpha value is -1.72. The van der Waals surface area contributed by atoms with E-state index >= 15 is 0 Å². The van der Waals surface area contributed by atoms with E-state index in [2.05, 4.69) is 14.7 Å². The van der Waals surface area contributed by atoms with Crippen LogP contribution in [0, 0.1) is 12.8 Å². The third-order valence-electron chi connectivity index (χ3n) is 10.1. The summed E-state index contributed by atoms with van der Waals surface area (Å²) in [4.78, 5) is 23.2. The summed E-state index contributed by atoms with van der Waals surface area (Å²) in [6.45, 7) is 11.9. The number of hydrogen-bond donors (Lipinski definition) is 0. The van der Waals surface area contributed by atoms with E-state index in [1.165, 1.54) is 62.5 Å². The predicted octanol–water partition coefficient (Wildman–Crippen LogP) is 2.89. The van der Waals surface area contributed by atoms with Crippen LogP contribution in [0.4, 0.5) is 0 Å². The highest BCUT2D eigenvalue weighted by Gasteiger charge is 2.35. The number of likely N-dealkylation sites (tertiary alicyclic amines) is 2. The molecule has 9 nitrogen and oxygen atoms in total. The Morgan fingerprint density at radius 3 is 2.22 bits per heavy atom. The maximum atomic E-state index is 13.1. The van der Waals surface area contributed by atoms with Crippen LogP contribution >= 0.6 is 0 Å². The van der Waals surface area contributed by atoms with E-state index in [0.717, 1.165) is 57.6 Å². The number of methoxy groups -OCH3 is 1. The lowest BCUT2D eigenvalue weighted by molar-refractivity contribution is -0.130. The highest BCUT2D eigenvalue weighted by molar-refractivity contribution is 7.89. The van der Waals surface area contributed by atoms with Crippen molar-refractivity contribution in [3.05, 3.63) is 23.8 Å². The van der Waals surface area contributed by atoms with Gasteiger partial charge in [0, 0.05) is 77.9 Å². The molecular weight excluding hydrogens is 538 g/mol. The Bertz CT molecular complexity index is 1130. The molecule has 1 saturated carbocycles. The molecule has 3 heterocycles.